The number of aliphatic hydroxyl groups excluding tert-OH is 1. The Hall–Kier alpha value is -2.48. The summed E-state index contributed by atoms with van der Waals surface area (Å²) in [7, 11) is -2.88. The second-order valence-corrected chi connectivity index (χ2v) is 14.9. The number of nitrogens with zero attached hydrogens (tertiary/aromatic N) is 1. The van der Waals surface area contributed by atoms with Gasteiger partial charge in [0, 0.05) is 0 Å². The highest BCUT2D eigenvalue weighted by molar-refractivity contribution is 6.99. The van der Waals surface area contributed by atoms with Crippen molar-refractivity contribution in [3.8, 4) is 0 Å². The SMILES string of the molecule is CC(C)(C)OC(=O)N1C(=O)C[C@@H](O)[C@H]1CO[Si](c1ccccc1)(c1ccccc1)C(C)(C)C. The fraction of sp³-hybridized carbons (Fsp3) is 0.462. The zero-order valence-electron chi connectivity index (χ0n) is 20.4. The maximum Gasteiger partial charge on any atom is 0.417 e. The first-order valence-corrected chi connectivity index (χ1v) is 13.3. The average molecular weight is 470 g/mol. The van der Waals surface area contributed by atoms with Crippen molar-refractivity contribution in [1.29, 1.82) is 0 Å². The molecule has 33 heavy (non-hydrogen) atoms. The predicted molar refractivity (Wildman–Crippen MR) is 131 cm³/mol. The number of hydrogen-bond donors (Lipinski definition) is 1. The molecule has 6 nitrogen and oxygen atoms in total. The number of likely N-dealkylation sites (tertiary alicyclic amines) is 1. The van der Waals surface area contributed by atoms with Gasteiger partial charge in [0.05, 0.1) is 25.2 Å². The van der Waals surface area contributed by atoms with Gasteiger partial charge in [-0.1, -0.05) is 81.4 Å². The summed E-state index contributed by atoms with van der Waals surface area (Å²) in [6.45, 7) is 11.7. The summed E-state index contributed by atoms with van der Waals surface area (Å²) >= 11 is 0. The molecule has 0 unspecified atom stereocenters. The first-order chi connectivity index (χ1) is 15.4. The quantitative estimate of drug-likeness (QED) is 0.679. The first-order valence-electron chi connectivity index (χ1n) is 11.3. The molecule has 1 N–H and O–H groups in total. The number of rotatable bonds is 5. The van der Waals surface area contributed by atoms with Crippen LogP contribution in [0.4, 0.5) is 4.79 Å². The third-order valence-corrected chi connectivity index (χ3v) is 10.9. The number of hydrogen-bond acceptors (Lipinski definition) is 5. The Labute approximate surface area is 197 Å². The lowest BCUT2D eigenvalue weighted by atomic mass is 10.2. The highest BCUT2D eigenvalue weighted by atomic mass is 28.4. The molecule has 1 aliphatic heterocycles. The van der Waals surface area contributed by atoms with E-state index in [1.54, 1.807) is 20.8 Å². The van der Waals surface area contributed by atoms with Gasteiger partial charge in [0.25, 0.3) is 8.32 Å². The van der Waals surface area contributed by atoms with E-state index in [9.17, 15) is 14.7 Å². The minimum atomic E-state index is -2.88. The van der Waals surface area contributed by atoms with Crippen LogP contribution in [-0.4, -0.2) is 54.7 Å². The van der Waals surface area contributed by atoms with Gasteiger partial charge >= 0.3 is 6.09 Å². The van der Waals surface area contributed by atoms with Gasteiger partial charge in [0.2, 0.25) is 5.91 Å². The van der Waals surface area contributed by atoms with Crippen molar-refractivity contribution in [2.75, 3.05) is 6.61 Å². The van der Waals surface area contributed by atoms with E-state index >= 15 is 0 Å². The summed E-state index contributed by atoms with van der Waals surface area (Å²) in [6, 6.07) is 19.4. The third-order valence-electron chi connectivity index (χ3n) is 5.91. The van der Waals surface area contributed by atoms with Crippen LogP contribution in [0.2, 0.25) is 5.04 Å². The molecule has 0 radical (unpaired) electrons. The summed E-state index contributed by atoms with van der Waals surface area (Å²) in [5, 5.41) is 12.6. The molecule has 7 heteroatoms. The second-order valence-electron chi connectivity index (χ2n) is 10.6. The van der Waals surface area contributed by atoms with Gasteiger partial charge in [-0.3, -0.25) is 4.79 Å². The van der Waals surface area contributed by atoms with E-state index in [4.69, 9.17) is 9.16 Å². The van der Waals surface area contributed by atoms with Gasteiger partial charge in [-0.15, -0.1) is 0 Å². The molecule has 2 amide bonds. The van der Waals surface area contributed by atoms with Crippen molar-refractivity contribution in [2.24, 2.45) is 0 Å². The maximum atomic E-state index is 12.8. The summed E-state index contributed by atoms with van der Waals surface area (Å²) in [4.78, 5) is 26.5. The number of carbonyl (C=O) groups excluding carboxylic acids is 2. The normalized spacial score (nSPS) is 19.6. The van der Waals surface area contributed by atoms with Crippen LogP contribution in [0.15, 0.2) is 60.7 Å². The molecule has 178 valence electrons. The Bertz CT molecular complexity index is 926. The lowest BCUT2D eigenvalue weighted by Crippen LogP contribution is -2.67. The molecule has 2 aromatic rings. The van der Waals surface area contributed by atoms with Crippen molar-refractivity contribution in [3.05, 3.63) is 60.7 Å². The highest BCUT2D eigenvalue weighted by Gasteiger charge is 2.52. The van der Waals surface area contributed by atoms with Crippen molar-refractivity contribution in [3.63, 3.8) is 0 Å². The van der Waals surface area contributed by atoms with Crippen LogP contribution in [0, 0.1) is 0 Å². The Morgan fingerprint density at radius 1 is 0.970 bits per heavy atom. The van der Waals surface area contributed by atoms with E-state index in [-0.39, 0.29) is 18.1 Å². The number of aliphatic hydroxyl groups is 1. The number of imide groups is 1. The van der Waals surface area contributed by atoms with Crippen molar-refractivity contribution < 1.29 is 23.9 Å². The van der Waals surface area contributed by atoms with E-state index in [1.807, 2.05) is 36.4 Å². The summed E-state index contributed by atoms with van der Waals surface area (Å²) in [5.41, 5.74) is -0.756. The number of amides is 2. The van der Waals surface area contributed by atoms with Crippen LogP contribution in [0.25, 0.3) is 0 Å². The second kappa shape index (κ2) is 9.41. The van der Waals surface area contributed by atoms with Crippen LogP contribution in [-0.2, 0) is 14.0 Å². The molecule has 0 aliphatic carbocycles. The monoisotopic (exact) mass is 469 g/mol. The molecule has 0 aromatic heterocycles. The van der Waals surface area contributed by atoms with Gasteiger partial charge in [-0.25, -0.2) is 9.69 Å². The molecule has 2 atom stereocenters. The van der Waals surface area contributed by atoms with Crippen molar-refractivity contribution >= 4 is 30.7 Å². The Morgan fingerprint density at radius 3 is 1.88 bits per heavy atom. The van der Waals surface area contributed by atoms with Gasteiger partial charge < -0.3 is 14.3 Å². The van der Waals surface area contributed by atoms with Crippen LogP contribution in [0.3, 0.4) is 0 Å². The van der Waals surface area contributed by atoms with E-state index in [0.717, 1.165) is 15.3 Å². The van der Waals surface area contributed by atoms with Crippen LogP contribution in [0.1, 0.15) is 48.0 Å². The zero-order chi connectivity index (χ0) is 24.4. The summed E-state index contributed by atoms with van der Waals surface area (Å²) < 4.78 is 12.3. The molecule has 0 bridgehead atoms. The average Bonchev–Trinajstić information content (AvgIpc) is 3.01. The molecule has 0 saturated carbocycles. The topological polar surface area (TPSA) is 76.1 Å². The molecule has 1 fully saturated rings. The van der Waals surface area contributed by atoms with Gasteiger partial charge in [-0.05, 0) is 36.2 Å². The Morgan fingerprint density at radius 2 is 1.45 bits per heavy atom. The molecule has 1 heterocycles. The lowest BCUT2D eigenvalue weighted by Gasteiger charge is -2.44. The molecule has 1 saturated heterocycles. The molecule has 2 aromatic carbocycles. The maximum absolute atomic E-state index is 12.8. The fourth-order valence-electron chi connectivity index (χ4n) is 4.48. The summed E-state index contributed by atoms with van der Waals surface area (Å²) in [5.74, 6) is -0.451. The molecule has 3 rings (SSSR count). The van der Waals surface area contributed by atoms with Gasteiger partial charge in [-0.2, -0.15) is 0 Å². The van der Waals surface area contributed by atoms with E-state index in [0.29, 0.717) is 0 Å². The fourth-order valence-corrected chi connectivity index (χ4v) is 9.05. The predicted octanol–water partition coefficient (Wildman–Crippen LogP) is 3.46. The van der Waals surface area contributed by atoms with Crippen molar-refractivity contribution in [2.45, 2.75) is 70.7 Å². The smallest absolute Gasteiger partial charge is 0.417 e. The standard InChI is InChI=1S/C26H35NO5Si/c1-25(2,3)32-24(30)27-21(22(28)17-23(27)29)18-31-33(26(4,5)6,19-13-9-7-10-14-19)20-15-11-8-12-16-20/h7-16,21-22,28H,17-18H2,1-6H3/t21-,22-/m1/s1. The molecular formula is C26H35NO5Si. The van der Waals surface area contributed by atoms with Crippen molar-refractivity contribution in [1.82, 2.24) is 4.90 Å². The van der Waals surface area contributed by atoms with Gasteiger partial charge in [0.1, 0.15) is 5.60 Å². The lowest BCUT2D eigenvalue weighted by molar-refractivity contribution is -0.128. The third kappa shape index (κ3) is 5.21. The van der Waals surface area contributed by atoms with E-state index < -0.39 is 38.1 Å². The van der Waals surface area contributed by atoms with Crippen LogP contribution < -0.4 is 10.4 Å². The van der Waals surface area contributed by atoms with Crippen LogP contribution in [0.5, 0.6) is 0 Å². The highest BCUT2D eigenvalue weighted by Crippen LogP contribution is 2.37. The number of carbonyl (C=O) groups is 2. The van der Waals surface area contributed by atoms with E-state index in [2.05, 4.69) is 45.0 Å². The van der Waals surface area contributed by atoms with E-state index in [1.165, 1.54) is 0 Å². The Kier molecular flexibility index (Phi) is 7.17. The van der Waals surface area contributed by atoms with Crippen LogP contribution >= 0.6 is 0 Å². The largest absolute Gasteiger partial charge is 0.443 e. The zero-order valence-corrected chi connectivity index (χ0v) is 21.4. The van der Waals surface area contributed by atoms with Gasteiger partial charge in [0.15, 0.2) is 0 Å². The molecule has 1 aliphatic rings. The first kappa shape index (κ1) is 25.1. The minimum absolute atomic E-state index is 0.0272. The minimum Gasteiger partial charge on any atom is -0.443 e. The molecule has 0 spiro atoms. The molecular weight excluding hydrogens is 434 g/mol. The number of ether oxygens (including phenoxy) is 1. The summed E-state index contributed by atoms with van der Waals surface area (Å²) in [6.07, 6.45) is -1.89. The Balaban J connectivity index is 2.02. The number of benzene rings is 2.